The maximum absolute atomic E-state index is 11.2. The molecule has 4 nitrogen and oxygen atoms in total. The van der Waals surface area contributed by atoms with Gasteiger partial charge in [-0.05, 0) is 53.9 Å². The zero-order valence-corrected chi connectivity index (χ0v) is 12.1. The molecule has 2 aromatic heterocycles. The third kappa shape index (κ3) is 2.66. The third-order valence-corrected chi connectivity index (χ3v) is 3.78. The number of fused-ring (bicyclic) bond motifs is 2. The molecule has 4 aromatic rings. The van der Waals surface area contributed by atoms with Crippen LogP contribution in [0.2, 0.25) is 0 Å². The van der Waals surface area contributed by atoms with Gasteiger partial charge in [0, 0.05) is 22.9 Å². The second kappa shape index (κ2) is 5.25. The average molecular weight is 304 g/mol. The van der Waals surface area contributed by atoms with Gasteiger partial charge in [-0.3, -0.25) is 0 Å². The molecular formula is C19H12O4. The third-order valence-electron chi connectivity index (χ3n) is 3.78. The van der Waals surface area contributed by atoms with Crippen molar-refractivity contribution in [3.05, 3.63) is 92.6 Å². The molecule has 0 aliphatic carbocycles. The molecule has 0 aliphatic heterocycles. The Morgan fingerprint density at radius 1 is 0.609 bits per heavy atom. The maximum Gasteiger partial charge on any atom is 0.336 e. The van der Waals surface area contributed by atoms with E-state index >= 15 is 0 Å². The molecule has 0 N–H and O–H groups in total. The normalized spacial score (nSPS) is 11.1. The Labute approximate surface area is 130 Å². The summed E-state index contributed by atoms with van der Waals surface area (Å²) in [6.07, 6.45) is 0.740. The molecule has 2 aromatic carbocycles. The molecule has 23 heavy (non-hydrogen) atoms. The smallest absolute Gasteiger partial charge is 0.336 e. The zero-order chi connectivity index (χ0) is 15.8. The fraction of sp³-hybridized carbons (Fsp3) is 0.0526. The van der Waals surface area contributed by atoms with Crippen LogP contribution < -0.4 is 11.3 Å². The minimum atomic E-state index is -0.346. The van der Waals surface area contributed by atoms with Crippen LogP contribution in [0.15, 0.2) is 79.1 Å². The van der Waals surface area contributed by atoms with Crippen molar-refractivity contribution in [2.75, 3.05) is 0 Å². The van der Waals surface area contributed by atoms with Crippen LogP contribution in [0.5, 0.6) is 0 Å². The molecule has 2 heterocycles. The fourth-order valence-corrected chi connectivity index (χ4v) is 2.70. The molecule has 0 fully saturated rings. The average Bonchev–Trinajstić information content (AvgIpc) is 2.55. The summed E-state index contributed by atoms with van der Waals surface area (Å²) in [6, 6.07) is 17.9. The predicted molar refractivity (Wildman–Crippen MR) is 87.8 cm³/mol. The molecule has 0 bridgehead atoms. The minimum absolute atomic E-state index is 0.346. The summed E-state index contributed by atoms with van der Waals surface area (Å²) < 4.78 is 10.3. The van der Waals surface area contributed by atoms with Gasteiger partial charge in [0.1, 0.15) is 11.2 Å². The zero-order valence-electron chi connectivity index (χ0n) is 12.1. The van der Waals surface area contributed by atoms with E-state index in [9.17, 15) is 9.59 Å². The van der Waals surface area contributed by atoms with E-state index < -0.39 is 0 Å². The van der Waals surface area contributed by atoms with Gasteiger partial charge in [0.05, 0.1) is 0 Å². The number of hydrogen-bond acceptors (Lipinski definition) is 4. The Morgan fingerprint density at radius 2 is 1.09 bits per heavy atom. The van der Waals surface area contributed by atoms with E-state index in [1.165, 1.54) is 12.1 Å². The lowest BCUT2D eigenvalue weighted by Gasteiger charge is -2.05. The quantitative estimate of drug-likeness (QED) is 0.532. The summed E-state index contributed by atoms with van der Waals surface area (Å²) in [5, 5.41) is 1.79. The Bertz CT molecular complexity index is 1040. The number of hydrogen-bond donors (Lipinski definition) is 0. The summed E-state index contributed by atoms with van der Waals surface area (Å²) in [5.74, 6) is 0. The molecule has 0 aliphatic rings. The summed E-state index contributed by atoms with van der Waals surface area (Å²) in [6.45, 7) is 0. The van der Waals surface area contributed by atoms with E-state index in [4.69, 9.17) is 8.83 Å². The summed E-state index contributed by atoms with van der Waals surface area (Å²) in [5.41, 5.74) is 2.71. The molecule has 0 amide bonds. The molecule has 0 radical (unpaired) electrons. The van der Waals surface area contributed by atoms with Crippen molar-refractivity contribution in [3.8, 4) is 0 Å². The van der Waals surface area contributed by atoms with Crippen molar-refractivity contribution in [1.29, 1.82) is 0 Å². The van der Waals surface area contributed by atoms with Crippen LogP contribution in [0.1, 0.15) is 11.1 Å². The summed E-state index contributed by atoms with van der Waals surface area (Å²) >= 11 is 0. The van der Waals surface area contributed by atoms with Crippen molar-refractivity contribution in [3.63, 3.8) is 0 Å². The Balaban J connectivity index is 1.72. The molecule has 0 atom stereocenters. The van der Waals surface area contributed by atoms with Crippen LogP contribution >= 0.6 is 0 Å². The lowest BCUT2D eigenvalue weighted by Crippen LogP contribution is -1.96. The van der Waals surface area contributed by atoms with E-state index in [-0.39, 0.29) is 11.3 Å². The van der Waals surface area contributed by atoms with Crippen LogP contribution in [0.25, 0.3) is 21.9 Å². The molecule has 0 saturated carbocycles. The van der Waals surface area contributed by atoms with Crippen LogP contribution in [0, 0.1) is 0 Å². The fourth-order valence-electron chi connectivity index (χ4n) is 2.70. The lowest BCUT2D eigenvalue weighted by molar-refractivity contribution is 0.561. The molecule has 4 rings (SSSR count). The van der Waals surface area contributed by atoms with E-state index in [1.807, 2.05) is 36.4 Å². The van der Waals surface area contributed by atoms with E-state index in [2.05, 4.69) is 0 Å². The van der Waals surface area contributed by atoms with Gasteiger partial charge in [-0.15, -0.1) is 0 Å². The van der Waals surface area contributed by atoms with E-state index in [0.717, 1.165) is 28.3 Å². The Hall–Kier alpha value is -3.14. The first-order chi connectivity index (χ1) is 11.2. The highest BCUT2D eigenvalue weighted by Gasteiger charge is 2.03. The minimum Gasteiger partial charge on any atom is -0.423 e. The highest BCUT2D eigenvalue weighted by Crippen LogP contribution is 2.19. The van der Waals surface area contributed by atoms with Crippen molar-refractivity contribution in [1.82, 2.24) is 0 Å². The second-order valence-electron chi connectivity index (χ2n) is 5.43. The van der Waals surface area contributed by atoms with Crippen LogP contribution in [-0.2, 0) is 6.42 Å². The van der Waals surface area contributed by atoms with Gasteiger partial charge < -0.3 is 8.83 Å². The molecule has 0 saturated heterocycles. The van der Waals surface area contributed by atoms with Crippen LogP contribution in [0.4, 0.5) is 0 Å². The van der Waals surface area contributed by atoms with Gasteiger partial charge in [-0.2, -0.15) is 0 Å². The number of rotatable bonds is 2. The first kappa shape index (κ1) is 13.5. The van der Waals surface area contributed by atoms with Gasteiger partial charge in [0.2, 0.25) is 0 Å². The molecule has 4 heteroatoms. The van der Waals surface area contributed by atoms with Gasteiger partial charge in [-0.25, -0.2) is 9.59 Å². The monoisotopic (exact) mass is 304 g/mol. The van der Waals surface area contributed by atoms with E-state index in [1.54, 1.807) is 12.1 Å². The van der Waals surface area contributed by atoms with Gasteiger partial charge in [0.15, 0.2) is 0 Å². The maximum atomic E-state index is 11.2. The topological polar surface area (TPSA) is 60.4 Å². The SMILES string of the molecule is O=c1ccc2cc(Cc3ccc4oc(=O)ccc4c3)ccc2o1. The van der Waals surface area contributed by atoms with Gasteiger partial charge in [0.25, 0.3) is 0 Å². The molecular weight excluding hydrogens is 292 g/mol. The van der Waals surface area contributed by atoms with Crippen LogP contribution in [0.3, 0.4) is 0 Å². The Kier molecular flexibility index (Phi) is 3.08. The largest absolute Gasteiger partial charge is 0.423 e. The first-order valence-electron chi connectivity index (χ1n) is 7.23. The first-order valence-corrected chi connectivity index (χ1v) is 7.23. The molecule has 0 spiro atoms. The molecule has 0 unspecified atom stereocenters. The van der Waals surface area contributed by atoms with Crippen molar-refractivity contribution >= 4 is 21.9 Å². The lowest BCUT2D eigenvalue weighted by atomic mass is 10.0. The Morgan fingerprint density at radius 3 is 1.57 bits per heavy atom. The van der Waals surface area contributed by atoms with Gasteiger partial charge >= 0.3 is 11.3 Å². The highest BCUT2D eigenvalue weighted by atomic mass is 16.4. The summed E-state index contributed by atoms with van der Waals surface area (Å²) in [7, 11) is 0. The van der Waals surface area contributed by atoms with Crippen LogP contribution in [-0.4, -0.2) is 0 Å². The standard InChI is InChI=1S/C19H12O4/c20-18-7-3-14-10-12(1-5-16(14)22-18)9-13-2-6-17-15(11-13)4-8-19(21)23-17/h1-8,10-11H,9H2. The van der Waals surface area contributed by atoms with Gasteiger partial charge in [-0.1, -0.05) is 12.1 Å². The van der Waals surface area contributed by atoms with E-state index in [0.29, 0.717) is 11.2 Å². The van der Waals surface area contributed by atoms with Crippen molar-refractivity contribution in [2.45, 2.75) is 6.42 Å². The number of benzene rings is 2. The highest BCUT2D eigenvalue weighted by molar-refractivity contribution is 5.78. The second-order valence-corrected chi connectivity index (χ2v) is 5.43. The molecule has 112 valence electrons. The van der Waals surface area contributed by atoms with Crippen molar-refractivity contribution in [2.24, 2.45) is 0 Å². The predicted octanol–water partition coefficient (Wildman–Crippen LogP) is 3.49. The van der Waals surface area contributed by atoms with Crippen molar-refractivity contribution < 1.29 is 8.83 Å². The summed E-state index contributed by atoms with van der Waals surface area (Å²) in [4.78, 5) is 22.4.